The zero-order chi connectivity index (χ0) is 14.4. The molecule has 1 aromatic heterocycles. The number of nitrogen functional groups attached to an aromatic ring is 1. The number of primary amides is 1. The normalized spacial score (nSPS) is 26.8. The zero-order valence-corrected chi connectivity index (χ0v) is 13.0. The van der Waals surface area contributed by atoms with Gasteiger partial charge in [0, 0.05) is 18.7 Å². The van der Waals surface area contributed by atoms with Crippen molar-refractivity contribution in [1.29, 1.82) is 0 Å². The maximum absolute atomic E-state index is 11.6. The number of thiophene rings is 1. The molecule has 2 unspecified atom stereocenters. The van der Waals surface area contributed by atoms with Crippen LogP contribution in [0.15, 0.2) is 0 Å². The van der Waals surface area contributed by atoms with Crippen LogP contribution in [-0.2, 0) is 0 Å². The first-order valence-corrected chi connectivity index (χ1v) is 8.26. The fourth-order valence-electron chi connectivity index (χ4n) is 3.46. The number of rotatable bonds is 3. The number of amides is 1. The molecule has 1 aliphatic heterocycles. The molecule has 110 valence electrons. The topological polar surface area (TPSA) is 72.3 Å². The Kier molecular flexibility index (Phi) is 3.40. The molecule has 3 rings (SSSR count). The van der Waals surface area contributed by atoms with Gasteiger partial charge in [-0.05, 0) is 37.0 Å². The third-order valence-electron chi connectivity index (χ3n) is 4.33. The Hall–Kier alpha value is -1.23. The van der Waals surface area contributed by atoms with Crippen molar-refractivity contribution in [2.45, 2.75) is 39.0 Å². The quantitative estimate of drug-likeness (QED) is 0.900. The maximum atomic E-state index is 11.6. The van der Waals surface area contributed by atoms with Crippen molar-refractivity contribution in [3.05, 3.63) is 10.4 Å². The first kappa shape index (κ1) is 13.7. The molecular formula is C15H23N3OS. The van der Waals surface area contributed by atoms with Crippen LogP contribution in [0, 0.1) is 11.8 Å². The van der Waals surface area contributed by atoms with Gasteiger partial charge in [0.1, 0.15) is 4.88 Å². The Labute approximate surface area is 124 Å². The van der Waals surface area contributed by atoms with Gasteiger partial charge in [-0.1, -0.05) is 13.8 Å². The standard InChI is InChI=1S/C15H23N3OS/c1-8-5-9(2)7-18(6-8)15-11(10-3-4-10)12(16)13(20-15)14(17)19/h8-10H,3-7,16H2,1-2H3,(H2,17,19). The zero-order valence-electron chi connectivity index (χ0n) is 12.2. The minimum absolute atomic E-state index is 0.390. The lowest BCUT2D eigenvalue weighted by Crippen LogP contribution is -2.38. The molecule has 1 saturated carbocycles. The number of anilines is 2. The lowest BCUT2D eigenvalue weighted by atomic mass is 9.92. The van der Waals surface area contributed by atoms with Gasteiger partial charge in [-0.15, -0.1) is 11.3 Å². The molecule has 1 aromatic rings. The molecule has 20 heavy (non-hydrogen) atoms. The second-order valence-corrected chi connectivity index (χ2v) is 7.55. The predicted molar refractivity (Wildman–Crippen MR) is 84.4 cm³/mol. The van der Waals surface area contributed by atoms with Crippen molar-refractivity contribution >= 4 is 27.9 Å². The van der Waals surface area contributed by atoms with Gasteiger partial charge in [-0.3, -0.25) is 4.79 Å². The molecule has 1 amide bonds. The number of hydrogen-bond donors (Lipinski definition) is 2. The summed E-state index contributed by atoms with van der Waals surface area (Å²) >= 11 is 1.50. The molecule has 2 aliphatic rings. The molecule has 4 N–H and O–H groups in total. The van der Waals surface area contributed by atoms with E-state index in [1.807, 2.05) is 0 Å². The number of hydrogen-bond acceptors (Lipinski definition) is 4. The number of carbonyl (C=O) groups excluding carboxylic acids is 1. The second kappa shape index (κ2) is 4.95. The Morgan fingerprint density at radius 1 is 1.25 bits per heavy atom. The minimum atomic E-state index is -0.390. The van der Waals surface area contributed by atoms with Crippen molar-refractivity contribution in [2.24, 2.45) is 17.6 Å². The van der Waals surface area contributed by atoms with E-state index in [4.69, 9.17) is 11.5 Å². The highest BCUT2D eigenvalue weighted by atomic mass is 32.1. The molecule has 5 heteroatoms. The first-order valence-electron chi connectivity index (χ1n) is 7.44. The van der Waals surface area contributed by atoms with Crippen LogP contribution in [-0.4, -0.2) is 19.0 Å². The molecule has 0 radical (unpaired) electrons. The van der Waals surface area contributed by atoms with Crippen LogP contribution in [0.3, 0.4) is 0 Å². The van der Waals surface area contributed by atoms with Crippen molar-refractivity contribution in [2.75, 3.05) is 23.7 Å². The molecule has 0 spiro atoms. The molecule has 4 nitrogen and oxygen atoms in total. The summed E-state index contributed by atoms with van der Waals surface area (Å²) in [5.74, 6) is 1.53. The van der Waals surface area contributed by atoms with Gasteiger partial charge in [0.2, 0.25) is 0 Å². The van der Waals surface area contributed by atoms with Gasteiger partial charge < -0.3 is 16.4 Å². The monoisotopic (exact) mass is 293 g/mol. The van der Waals surface area contributed by atoms with Gasteiger partial charge in [0.05, 0.1) is 10.7 Å². The average Bonchev–Trinajstić information content (AvgIpc) is 3.11. The van der Waals surface area contributed by atoms with E-state index in [1.165, 1.54) is 41.2 Å². The van der Waals surface area contributed by atoms with Gasteiger partial charge >= 0.3 is 0 Å². The third kappa shape index (κ3) is 2.39. The van der Waals surface area contributed by atoms with E-state index in [1.54, 1.807) is 0 Å². The molecule has 0 bridgehead atoms. The smallest absolute Gasteiger partial charge is 0.260 e. The van der Waals surface area contributed by atoms with Crippen molar-refractivity contribution in [1.82, 2.24) is 0 Å². The van der Waals surface area contributed by atoms with Crippen molar-refractivity contribution < 1.29 is 4.79 Å². The number of nitrogens with zero attached hydrogens (tertiary/aromatic N) is 1. The van der Waals surface area contributed by atoms with Crippen LogP contribution in [0.2, 0.25) is 0 Å². The van der Waals surface area contributed by atoms with Crippen LogP contribution in [0.5, 0.6) is 0 Å². The Bertz CT molecular complexity index is 525. The summed E-state index contributed by atoms with van der Waals surface area (Å²) in [6, 6.07) is 0. The number of carbonyl (C=O) groups is 1. The van der Waals surface area contributed by atoms with E-state index in [0.717, 1.165) is 13.1 Å². The molecule has 1 saturated heterocycles. The number of piperidine rings is 1. The highest BCUT2D eigenvalue weighted by molar-refractivity contribution is 7.18. The number of nitrogens with two attached hydrogens (primary N) is 2. The predicted octanol–water partition coefficient (Wildman–Crippen LogP) is 2.79. The molecular weight excluding hydrogens is 270 g/mol. The Morgan fingerprint density at radius 2 is 1.85 bits per heavy atom. The Balaban J connectivity index is 1.99. The lowest BCUT2D eigenvalue weighted by molar-refractivity contribution is 0.100. The fraction of sp³-hybridized carbons (Fsp3) is 0.667. The summed E-state index contributed by atoms with van der Waals surface area (Å²) in [6.07, 6.45) is 3.65. The fourth-order valence-corrected chi connectivity index (χ4v) is 4.64. The summed E-state index contributed by atoms with van der Waals surface area (Å²) in [7, 11) is 0. The van der Waals surface area contributed by atoms with Gasteiger partial charge in [-0.25, -0.2) is 0 Å². The molecule has 2 heterocycles. The molecule has 2 atom stereocenters. The highest BCUT2D eigenvalue weighted by Gasteiger charge is 2.35. The summed E-state index contributed by atoms with van der Waals surface area (Å²) in [4.78, 5) is 14.6. The van der Waals surface area contributed by atoms with Crippen LogP contribution in [0.4, 0.5) is 10.7 Å². The van der Waals surface area contributed by atoms with Gasteiger partial charge in [0.15, 0.2) is 0 Å². The van der Waals surface area contributed by atoms with E-state index in [0.29, 0.717) is 28.3 Å². The van der Waals surface area contributed by atoms with E-state index in [9.17, 15) is 4.79 Å². The largest absolute Gasteiger partial charge is 0.397 e. The van der Waals surface area contributed by atoms with E-state index in [2.05, 4.69) is 18.7 Å². The minimum Gasteiger partial charge on any atom is -0.397 e. The molecule has 0 aromatic carbocycles. The van der Waals surface area contributed by atoms with E-state index < -0.39 is 5.91 Å². The highest BCUT2D eigenvalue weighted by Crippen LogP contribution is 2.52. The lowest BCUT2D eigenvalue weighted by Gasteiger charge is -2.36. The van der Waals surface area contributed by atoms with Crippen LogP contribution in [0.1, 0.15) is 54.3 Å². The van der Waals surface area contributed by atoms with Crippen molar-refractivity contribution in [3.8, 4) is 0 Å². The summed E-state index contributed by atoms with van der Waals surface area (Å²) in [6.45, 7) is 6.71. The first-order chi connectivity index (χ1) is 9.47. The van der Waals surface area contributed by atoms with E-state index >= 15 is 0 Å². The molecule has 2 fully saturated rings. The summed E-state index contributed by atoms with van der Waals surface area (Å²) in [5.41, 5.74) is 13.5. The Morgan fingerprint density at radius 3 is 2.35 bits per heavy atom. The van der Waals surface area contributed by atoms with E-state index in [-0.39, 0.29) is 0 Å². The summed E-state index contributed by atoms with van der Waals surface area (Å²) in [5, 5.41) is 1.21. The third-order valence-corrected chi connectivity index (χ3v) is 5.63. The van der Waals surface area contributed by atoms with Crippen LogP contribution in [0.25, 0.3) is 0 Å². The maximum Gasteiger partial charge on any atom is 0.260 e. The van der Waals surface area contributed by atoms with Gasteiger partial charge in [0.25, 0.3) is 5.91 Å². The molecule has 1 aliphatic carbocycles. The van der Waals surface area contributed by atoms with Gasteiger partial charge in [-0.2, -0.15) is 0 Å². The SMILES string of the molecule is CC1CC(C)CN(c2sc(C(N)=O)c(N)c2C2CC2)C1. The summed E-state index contributed by atoms with van der Waals surface area (Å²) < 4.78 is 0. The average molecular weight is 293 g/mol. The van der Waals surface area contributed by atoms with Crippen molar-refractivity contribution in [3.63, 3.8) is 0 Å². The van der Waals surface area contributed by atoms with Crippen LogP contribution >= 0.6 is 11.3 Å². The van der Waals surface area contributed by atoms with Crippen LogP contribution < -0.4 is 16.4 Å². The second-order valence-electron chi connectivity index (χ2n) is 6.55.